The van der Waals surface area contributed by atoms with Crippen LogP contribution in [0.3, 0.4) is 0 Å². The van der Waals surface area contributed by atoms with Crippen LogP contribution in [0.2, 0.25) is 0 Å². The monoisotopic (exact) mass is 566 g/mol. The molecule has 10 nitrogen and oxygen atoms in total. The third kappa shape index (κ3) is 7.72. The normalized spacial score (nSPS) is 35.8. The number of alkyl halides is 1. The molecule has 4 saturated heterocycles. The van der Waals surface area contributed by atoms with Gasteiger partial charge in [0.05, 0.1) is 24.2 Å². The number of amides is 2. The predicted molar refractivity (Wildman–Crippen MR) is 156 cm³/mol. The maximum absolute atomic E-state index is 14.6. The third-order valence-corrected chi connectivity index (χ3v) is 10.1. The van der Waals surface area contributed by atoms with Gasteiger partial charge in [0.15, 0.2) is 0 Å². The average molecular weight is 567 g/mol. The first-order chi connectivity index (χ1) is 19.1. The van der Waals surface area contributed by atoms with E-state index in [1.165, 1.54) is 0 Å². The maximum Gasteiger partial charge on any atom is 0.240 e. The van der Waals surface area contributed by atoms with E-state index in [1.807, 2.05) is 11.9 Å². The van der Waals surface area contributed by atoms with E-state index in [4.69, 9.17) is 11.5 Å². The number of carbonyl (C=O) groups is 2. The molecular weight excluding hydrogens is 511 g/mol. The molecule has 0 spiro atoms. The van der Waals surface area contributed by atoms with E-state index in [0.717, 1.165) is 84.2 Å². The lowest BCUT2D eigenvalue weighted by molar-refractivity contribution is -0.137. The summed E-state index contributed by atoms with van der Waals surface area (Å²) in [5.74, 6) is -0.548. The van der Waals surface area contributed by atoms with Gasteiger partial charge in [0.1, 0.15) is 6.17 Å². The summed E-state index contributed by atoms with van der Waals surface area (Å²) in [6.45, 7) is 10.2. The molecule has 4 aliphatic rings. The van der Waals surface area contributed by atoms with Crippen LogP contribution in [0.25, 0.3) is 0 Å². The van der Waals surface area contributed by atoms with Gasteiger partial charge in [-0.3, -0.25) is 19.4 Å². The Hall–Kier alpha value is -1.37. The van der Waals surface area contributed by atoms with Crippen molar-refractivity contribution in [1.82, 2.24) is 30.7 Å². The SMILES string of the molecule is CCCC1(C)CCC(F)CNC(C(C(=O)NC2CNCCC2N2CCN(C(=O)[C@H]3CCCN3C)CC2)C(N)N)C1. The molecule has 4 aliphatic heterocycles. The number of halogens is 1. The Labute approximate surface area is 240 Å². The molecule has 4 rings (SSSR count). The highest BCUT2D eigenvalue weighted by Crippen LogP contribution is 2.38. The van der Waals surface area contributed by atoms with Gasteiger partial charge in [0.25, 0.3) is 0 Å². The summed E-state index contributed by atoms with van der Waals surface area (Å²) >= 11 is 0. The summed E-state index contributed by atoms with van der Waals surface area (Å²) in [4.78, 5) is 33.6. The number of hydrogen-bond donors (Lipinski definition) is 5. The van der Waals surface area contributed by atoms with Crippen LogP contribution in [-0.2, 0) is 9.59 Å². The second-order valence-electron chi connectivity index (χ2n) is 13.2. The molecule has 4 fully saturated rings. The number of nitrogens with one attached hydrogen (secondary N) is 3. The Morgan fingerprint density at radius 1 is 1.10 bits per heavy atom. The minimum absolute atomic E-state index is 0.0172. The van der Waals surface area contributed by atoms with E-state index >= 15 is 0 Å². The summed E-state index contributed by atoms with van der Waals surface area (Å²) in [6, 6.07) is -0.177. The second kappa shape index (κ2) is 14.2. The first-order valence-electron chi connectivity index (χ1n) is 15.7. The molecule has 4 heterocycles. The van der Waals surface area contributed by atoms with Crippen LogP contribution in [0.1, 0.15) is 65.2 Å². The molecule has 40 heavy (non-hydrogen) atoms. The Balaban J connectivity index is 1.39. The molecule has 0 aromatic rings. The summed E-state index contributed by atoms with van der Waals surface area (Å²) in [5.41, 5.74) is 12.5. The molecule has 2 amide bonds. The van der Waals surface area contributed by atoms with E-state index in [0.29, 0.717) is 13.0 Å². The molecule has 7 N–H and O–H groups in total. The van der Waals surface area contributed by atoms with Crippen molar-refractivity contribution < 1.29 is 14.0 Å². The van der Waals surface area contributed by atoms with Crippen molar-refractivity contribution in [3.8, 4) is 0 Å². The number of hydrogen-bond acceptors (Lipinski definition) is 8. The van der Waals surface area contributed by atoms with Crippen molar-refractivity contribution in [2.45, 2.75) is 102 Å². The van der Waals surface area contributed by atoms with Crippen LogP contribution in [0.5, 0.6) is 0 Å². The van der Waals surface area contributed by atoms with Crippen LogP contribution in [0.15, 0.2) is 0 Å². The standard InChI is InChI=1S/C29H55FN8O2/c1-4-9-29(2)10-7-20(30)18-34-21(17-29)25(26(31)32)27(39)35-22-19-33-11-8-23(22)37-13-15-38(16-14-37)28(40)24-6-5-12-36(24)3/h20-26,33-34H,4-19,31-32H2,1-3H3,(H,35,39)/t20?,21?,22?,23?,24-,25?,29?/m1/s1. The number of piperidine rings is 1. The molecule has 0 bridgehead atoms. The van der Waals surface area contributed by atoms with Crippen LogP contribution in [-0.4, -0.2) is 122 Å². The number of likely N-dealkylation sites (N-methyl/N-ethyl adjacent to an activating group) is 1. The fourth-order valence-corrected chi connectivity index (χ4v) is 7.72. The zero-order valence-corrected chi connectivity index (χ0v) is 25.0. The van der Waals surface area contributed by atoms with Gasteiger partial charge in [-0.25, -0.2) is 4.39 Å². The van der Waals surface area contributed by atoms with E-state index in [9.17, 15) is 14.0 Å². The lowest BCUT2D eigenvalue weighted by atomic mass is 9.72. The van der Waals surface area contributed by atoms with Gasteiger partial charge < -0.3 is 32.3 Å². The van der Waals surface area contributed by atoms with Crippen molar-refractivity contribution >= 4 is 11.8 Å². The quantitative estimate of drug-likeness (QED) is 0.264. The van der Waals surface area contributed by atoms with E-state index in [-0.39, 0.29) is 47.9 Å². The van der Waals surface area contributed by atoms with Crippen molar-refractivity contribution in [2.24, 2.45) is 22.8 Å². The fourth-order valence-electron chi connectivity index (χ4n) is 7.72. The summed E-state index contributed by atoms with van der Waals surface area (Å²) in [7, 11) is 2.04. The molecule has 6 unspecified atom stereocenters. The highest BCUT2D eigenvalue weighted by atomic mass is 19.1. The lowest BCUT2D eigenvalue weighted by Crippen LogP contribution is -2.66. The van der Waals surface area contributed by atoms with Crippen LogP contribution in [0.4, 0.5) is 4.39 Å². The van der Waals surface area contributed by atoms with Gasteiger partial charge in [-0.15, -0.1) is 0 Å². The van der Waals surface area contributed by atoms with Gasteiger partial charge in [-0.1, -0.05) is 20.3 Å². The minimum Gasteiger partial charge on any atom is -0.350 e. The number of likely N-dealkylation sites (tertiary alicyclic amines) is 1. The number of piperazine rings is 1. The molecule has 0 aromatic heterocycles. The maximum atomic E-state index is 14.6. The lowest BCUT2D eigenvalue weighted by Gasteiger charge is -2.46. The molecule has 11 heteroatoms. The van der Waals surface area contributed by atoms with Crippen LogP contribution < -0.4 is 27.4 Å². The van der Waals surface area contributed by atoms with E-state index in [2.05, 4.69) is 39.6 Å². The average Bonchev–Trinajstić information content (AvgIpc) is 3.35. The smallest absolute Gasteiger partial charge is 0.240 e. The first-order valence-corrected chi connectivity index (χ1v) is 15.7. The Morgan fingerprint density at radius 3 is 2.50 bits per heavy atom. The number of nitrogens with zero attached hydrogens (tertiary/aromatic N) is 3. The zero-order valence-electron chi connectivity index (χ0n) is 25.0. The predicted octanol–water partition coefficient (Wildman–Crippen LogP) is 0.218. The van der Waals surface area contributed by atoms with E-state index in [1.54, 1.807) is 0 Å². The summed E-state index contributed by atoms with van der Waals surface area (Å²) < 4.78 is 14.6. The summed E-state index contributed by atoms with van der Waals surface area (Å²) in [6.07, 6.45) is 5.23. The van der Waals surface area contributed by atoms with Crippen LogP contribution >= 0.6 is 0 Å². The topological polar surface area (TPSA) is 132 Å². The van der Waals surface area contributed by atoms with Crippen molar-refractivity contribution in [1.29, 1.82) is 0 Å². The molecule has 0 aromatic carbocycles. The second-order valence-corrected chi connectivity index (χ2v) is 13.2. The molecule has 0 saturated carbocycles. The highest BCUT2D eigenvalue weighted by molar-refractivity contribution is 5.82. The van der Waals surface area contributed by atoms with Gasteiger partial charge in [-0.2, -0.15) is 0 Å². The third-order valence-electron chi connectivity index (χ3n) is 10.1. The Morgan fingerprint density at radius 2 is 1.85 bits per heavy atom. The van der Waals surface area contributed by atoms with Crippen LogP contribution in [0, 0.1) is 11.3 Å². The zero-order chi connectivity index (χ0) is 28.9. The molecule has 0 radical (unpaired) electrons. The highest BCUT2D eigenvalue weighted by Gasteiger charge is 2.42. The number of rotatable bonds is 8. The number of nitrogens with two attached hydrogens (primary N) is 2. The molecular formula is C29H55FN8O2. The van der Waals surface area contributed by atoms with Crippen molar-refractivity contribution in [2.75, 3.05) is 59.4 Å². The number of carbonyl (C=O) groups excluding carboxylic acids is 2. The Kier molecular flexibility index (Phi) is 11.2. The van der Waals surface area contributed by atoms with Gasteiger partial charge >= 0.3 is 0 Å². The van der Waals surface area contributed by atoms with E-state index < -0.39 is 18.3 Å². The first kappa shape index (κ1) is 31.6. The molecule has 230 valence electrons. The molecule has 0 aliphatic carbocycles. The van der Waals surface area contributed by atoms with Crippen molar-refractivity contribution in [3.05, 3.63) is 0 Å². The summed E-state index contributed by atoms with van der Waals surface area (Å²) in [5, 5.41) is 10.1. The van der Waals surface area contributed by atoms with Crippen molar-refractivity contribution in [3.63, 3.8) is 0 Å². The fraction of sp³-hybridized carbons (Fsp3) is 0.931. The van der Waals surface area contributed by atoms with Gasteiger partial charge in [0.2, 0.25) is 11.8 Å². The Bertz CT molecular complexity index is 841. The van der Waals surface area contributed by atoms with Gasteiger partial charge in [-0.05, 0) is 70.5 Å². The largest absolute Gasteiger partial charge is 0.350 e. The van der Waals surface area contributed by atoms with Gasteiger partial charge in [0, 0.05) is 51.4 Å². The molecule has 7 atom stereocenters. The minimum atomic E-state index is -0.941.